The van der Waals surface area contributed by atoms with Crippen molar-refractivity contribution in [2.24, 2.45) is 5.73 Å². The van der Waals surface area contributed by atoms with Crippen LogP contribution in [0.25, 0.3) is 6.08 Å². The predicted octanol–water partition coefficient (Wildman–Crippen LogP) is 2.02. The van der Waals surface area contributed by atoms with E-state index in [1.54, 1.807) is 18.2 Å². The molecule has 12 heavy (non-hydrogen) atoms. The molecule has 0 aliphatic heterocycles. The average molecular weight is 184 g/mol. The maximum atomic E-state index is 9.03. The second-order valence-corrected chi connectivity index (χ2v) is 2.75. The van der Waals surface area contributed by atoms with Crippen molar-refractivity contribution in [3.05, 3.63) is 34.9 Å². The highest BCUT2D eigenvalue weighted by Crippen LogP contribution is 2.22. The fraction of sp³-hybridized carbons (Fsp3) is 0.111. The smallest absolute Gasteiger partial charge is 0.117 e. The van der Waals surface area contributed by atoms with E-state index in [1.165, 1.54) is 6.07 Å². The van der Waals surface area contributed by atoms with Gasteiger partial charge in [0.05, 0.1) is 5.02 Å². The van der Waals surface area contributed by atoms with E-state index in [4.69, 9.17) is 22.4 Å². The van der Waals surface area contributed by atoms with E-state index >= 15 is 0 Å². The van der Waals surface area contributed by atoms with Crippen LogP contribution in [-0.4, -0.2) is 11.7 Å². The number of hydrogen-bond acceptors (Lipinski definition) is 2. The fourth-order valence-electron chi connectivity index (χ4n) is 0.846. The van der Waals surface area contributed by atoms with Crippen molar-refractivity contribution in [3.8, 4) is 5.75 Å². The molecule has 0 unspecified atom stereocenters. The van der Waals surface area contributed by atoms with E-state index in [1.807, 2.05) is 6.08 Å². The van der Waals surface area contributed by atoms with Crippen LogP contribution in [-0.2, 0) is 0 Å². The largest absolute Gasteiger partial charge is 0.508 e. The summed E-state index contributed by atoms with van der Waals surface area (Å²) in [6.45, 7) is 0.483. The normalized spacial score (nSPS) is 10.8. The average Bonchev–Trinajstić information content (AvgIpc) is 2.03. The monoisotopic (exact) mass is 183 g/mol. The Morgan fingerprint density at radius 1 is 1.50 bits per heavy atom. The van der Waals surface area contributed by atoms with Gasteiger partial charge in [-0.15, -0.1) is 0 Å². The van der Waals surface area contributed by atoms with Gasteiger partial charge in [0, 0.05) is 6.54 Å². The summed E-state index contributed by atoms with van der Waals surface area (Å²) in [6.07, 6.45) is 3.63. The molecule has 1 rings (SSSR count). The lowest BCUT2D eigenvalue weighted by atomic mass is 10.2. The zero-order valence-corrected chi connectivity index (χ0v) is 7.25. The maximum Gasteiger partial charge on any atom is 0.117 e. The number of benzene rings is 1. The molecule has 0 bridgehead atoms. The van der Waals surface area contributed by atoms with Gasteiger partial charge in [0.2, 0.25) is 0 Å². The third kappa shape index (κ3) is 2.26. The highest BCUT2D eigenvalue weighted by atomic mass is 35.5. The lowest BCUT2D eigenvalue weighted by Crippen LogP contribution is -1.91. The molecule has 0 atom stereocenters. The van der Waals surface area contributed by atoms with E-state index in [2.05, 4.69) is 0 Å². The zero-order chi connectivity index (χ0) is 8.97. The van der Waals surface area contributed by atoms with Crippen LogP contribution in [0.15, 0.2) is 24.3 Å². The van der Waals surface area contributed by atoms with Crippen molar-refractivity contribution in [2.75, 3.05) is 6.54 Å². The summed E-state index contributed by atoms with van der Waals surface area (Å²) in [5.41, 5.74) is 6.14. The Morgan fingerprint density at radius 2 is 2.25 bits per heavy atom. The zero-order valence-electron chi connectivity index (χ0n) is 6.50. The van der Waals surface area contributed by atoms with Gasteiger partial charge in [0.1, 0.15) is 5.75 Å². The number of hydrogen-bond donors (Lipinski definition) is 2. The van der Waals surface area contributed by atoms with Gasteiger partial charge in [-0.05, 0) is 23.8 Å². The molecule has 0 amide bonds. The summed E-state index contributed by atoms with van der Waals surface area (Å²) in [5, 5.41) is 9.56. The van der Waals surface area contributed by atoms with Gasteiger partial charge >= 0.3 is 0 Å². The molecular formula is C9H10ClNO. The third-order valence-electron chi connectivity index (χ3n) is 1.42. The van der Waals surface area contributed by atoms with E-state index in [9.17, 15) is 0 Å². The van der Waals surface area contributed by atoms with E-state index in [-0.39, 0.29) is 5.75 Å². The minimum atomic E-state index is 0.171. The van der Waals surface area contributed by atoms with Crippen molar-refractivity contribution < 1.29 is 5.11 Å². The minimum absolute atomic E-state index is 0.171. The summed E-state index contributed by atoms with van der Waals surface area (Å²) in [5.74, 6) is 0.171. The molecule has 0 saturated heterocycles. The molecule has 3 N–H and O–H groups in total. The molecule has 0 saturated carbocycles. The predicted molar refractivity (Wildman–Crippen MR) is 51.2 cm³/mol. The van der Waals surface area contributed by atoms with Gasteiger partial charge in [-0.3, -0.25) is 0 Å². The molecule has 0 heterocycles. The number of rotatable bonds is 2. The second-order valence-electron chi connectivity index (χ2n) is 2.34. The Labute approximate surface area is 76.3 Å². The second kappa shape index (κ2) is 4.14. The quantitative estimate of drug-likeness (QED) is 0.737. The van der Waals surface area contributed by atoms with Gasteiger partial charge in [-0.25, -0.2) is 0 Å². The Morgan fingerprint density at radius 3 is 2.83 bits per heavy atom. The minimum Gasteiger partial charge on any atom is -0.508 e. The van der Waals surface area contributed by atoms with Gasteiger partial charge in [-0.1, -0.05) is 23.8 Å². The number of nitrogens with two attached hydrogens (primary N) is 1. The van der Waals surface area contributed by atoms with E-state index in [0.29, 0.717) is 11.6 Å². The van der Waals surface area contributed by atoms with Crippen LogP contribution in [0.4, 0.5) is 0 Å². The lowest BCUT2D eigenvalue weighted by Gasteiger charge is -1.97. The van der Waals surface area contributed by atoms with E-state index in [0.717, 1.165) is 5.56 Å². The number of halogens is 1. The van der Waals surface area contributed by atoms with E-state index < -0.39 is 0 Å². The summed E-state index contributed by atoms with van der Waals surface area (Å²) < 4.78 is 0. The highest BCUT2D eigenvalue weighted by Gasteiger charge is 1.96. The molecule has 64 valence electrons. The number of phenols is 1. The maximum absolute atomic E-state index is 9.03. The molecule has 1 aromatic rings. The fourth-order valence-corrected chi connectivity index (χ4v) is 1.08. The molecule has 0 aliphatic carbocycles. The number of phenolic OH excluding ortho intramolecular Hbond substituents is 1. The van der Waals surface area contributed by atoms with Gasteiger partial charge in [-0.2, -0.15) is 0 Å². The van der Waals surface area contributed by atoms with Crippen LogP contribution in [0.5, 0.6) is 5.75 Å². The molecule has 0 radical (unpaired) electrons. The first kappa shape index (κ1) is 9.10. The third-order valence-corrected chi connectivity index (χ3v) is 1.74. The molecule has 3 heteroatoms. The van der Waals surface area contributed by atoms with Crippen LogP contribution in [0, 0.1) is 0 Å². The standard InChI is InChI=1S/C9H10ClNO/c10-9-6-8(12)4-3-7(9)2-1-5-11/h1-4,6,12H,5,11H2. The Kier molecular flexibility index (Phi) is 3.14. The van der Waals surface area contributed by atoms with Gasteiger partial charge in [0.25, 0.3) is 0 Å². The Bertz CT molecular complexity index is 297. The first-order valence-corrected chi connectivity index (χ1v) is 3.97. The molecule has 1 aromatic carbocycles. The van der Waals surface area contributed by atoms with Crippen molar-refractivity contribution in [2.45, 2.75) is 0 Å². The summed E-state index contributed by atoms with van der Waals surface area (Å²) >= 11 is 5.81. The van der Waals surface area contributed by atoms with Crippen LogP contribution in [0.3, 0.4) is 0 Å². The molecular weight excluding hydrogens is 174 g/mol. The molecule has 2 nitrogen and oxygen atoms in total. The Hall–Kier alpha value is -0.990. The number of aromatic hydroxyl groups is 1. The van der Waals surface area contributed by atoms with Gasteiger partial charge < -0.3 is 10.8 Å². The summed E-state index contributed by atoms with van der Waals surface area (Å²) in [7, 11) is 0. The van der Waals surface area contributed by atoms with Crippen molar-refractivity contribution in [1.82, 2.24) is 0 Å². The molecule has 0 spiro atoms. The molecule has 0 aliphatic rings. The highest BCUT2D eigenvalue weighted by molar-refractivity contribution is 6.32. The van der Waals surface area contributed by atoms with Crippen LogP contribution >= 0.6 is 11.6 Å². The van der Waals surface area contributed by atoms with Crippen molar-refractivity contribution >= 4 is 17.7 Å². The topological polar surface area (TPSA) is 46.2 Å². The Balaban J connectivity index is 2.94. The van der Waals surface area contributed by atoms with Gasteiger partial charge in [0.15, 0.2) is 0 Å². The SMILES string of the molecule is NCC=Cc1ccc(O)cc1Cl. The van der Waals surface area contributed by atoms with Crippen LogP contribution in [0.1, 0.15) is 5.56 Å². The van der Waals surface area contributed by atoms with Crippen LogP contribution < -0.4 is 5.73 Å². The first-order valence-electron chi connectivity index (χ1n) is 3.59. The summed E-state index contributed by atoms with van der Waals surface area (Å²) in [6, 6.07) is 4.82. The first-order chi connectivity index (χ1) is 5.74. The molecule has 0 fully saturated rings. The van der Waals surface area contributed by atoms with Crippen molar-refractivity contribution in [1.29, 1.82) is 0 Å². The summed E-state index contributed by atoms with van der Waals surface area (Å²) in [4.78, 5) is 0. The lowest BCUT2D eigenvalue weighted by molar-refractivity contribution is 0.475. The van der Waals surface area contributed by atoms with Crippen LogP contribution in [0.2, 0.25) is 5.02 Å². The van der Waals surface area contributed by atoms with Crippen molar-refractivity contribution in [3.63, 3.8) is 0 Å². The molecule has 0 aromatic heterocycles.